The zero-order chi connectivity index (χ0) is 9.31. The monoisotopic (exact) mass is 219 g/mol. The number of hydrogen-bond acceptors (Lipinski definition) is 2. The third-order valence-corrected chi connectivity index (χ3v) is 3.65. The molecular weight excluding hydrogens is 202 g/mol. The van der Waals surface area contributed by atoms with Gasteiger partial charge in [0.1, 0.15) is 6.04 Å². The van der Waals surface area contributed by atoms with Crippen LogP contribution in [0, 0.1) is 5.41 Å². The number of hydrogen-bond donors (Lipinski definition) is 2. The van der Waals surface area contributed by atoms with Gasteiger partial charge in [-0.05, 0) is 37.6 Å². The van der Waals surface area contributed by atoms with Gasteiger partial charge in [-0.15, -0.1) is 12.4 Å². The van der Waals surface area contributed by atoms with Crippen molar-refractivity contribution >= 4 is 18.4 Å². The van der Waals surface area contributed by atoms with Crippen LogP contribution >= 0.6 is 12.4 Å². The maximum Gasteiger partial charge on any atom is 0.320 e. The first-order chi connectivity index (χ1) is 6.22. The van der Waals surface area contributed by atoms with Gasteiger partial charge >= 0.3 is 5.97 Å². The summed E-state index contributed by atoms with van der Waals surface area (Å²) in [5, 5.41) is 12.0. The van der Waals surface area contributed by atoms with Gasteiger partial charge in [-0.3, -0.25) is 4.79 Å². The van der Waals surface area contributed by atoms with E-state index in [1.165, 1.54) is 32.1 Å². The Morgan fingerprint density at radius 3 is 2.50 bits per heavy atom. The van der Waals surface area contributed by atoms with Crippen LogP contribution in [0.1, 0.15) is 38.5 Å². The predicted octanol–water partition coefficient (Wildman–Crippen LogP) is 1.81. The summed E-state index contributed by atoms with van der Waals surface area (Å²) in [4.78, 5) is 10.8. The molecule has 1 unspecified atom stereocenters. The third-order valence-electron chi connectivity index (χ3n) is 3.65. The molecule has 3 nitrogen and oxygen atoms in total. The second kappa shape index (κ2) is 4.49. The standard InChI is InChI=1S/C10H17NO2.ClH/c12-9(13)8-7-10(5-6-11-8)3-1-2-4-10;/h8,11H,1-7H2,(H,12,13);1H. The molecule has 0 bridgehead atoms. The minimum Gasteiger partial charge on any atom is -0.480 e. The predicted molar refractivity (Wildman–Crippen MR) is 56.8 cm³/mol. The van der Waals surface area contributed by atoms with E-state index in [-0.39, 0.29) is 18.4 Å². The van der Waals surface area contributed by atoms with Crippen molar-refractivity contribution in [1.29, 1.82) is 0 Å². The molecule has 2 rings (SSSR count). The van der Waals surface area contributed by atoms with Gasteiger partial charge in [-0.25, -0.2) is 0 Å². The van der Waals surface area contributed by atoms with Crippen LogP contribution < -0.4 is 5.32 Å². The number of aliphatic carboxylic acids is 1. The highest BCUT2D eigenvalue weighted by Gasteiger charge is 2.40. The number of carbonyl (C=O) groups is 1. The Morgan fingerprint density at radius 2 is 1.93 bits per heavy atom. The van der Waals surface area contributed by atoms with Gasteiger partial charge in [0.2, 0.25) is 0 Å². The molecule has 2 N–H and O–H groups in total. The molecule has 0 radical (unpaired) electrons. The van der Waals surface area contributed by atoms with Crippen LogP contribution in [-0.4, -0.2) is 23.7 Å². The zero-order valence-corrected chi connectivity index (χ0v) is 9.11. The Hall–Kier alpha value is -0.280. The third kappa shape index (κ3) is 2.20. The summed E-state index contributed by atoms with van der Waals surface area (Å²) >= 11 is 0. The molecule has 1 spiro atoms. The molecule has 0 aromatic carbocycles. The first kappa shape index (κ1) is 11.8. The molecule has 14 heavy (non-hydrogen) atoms. The van der Waals surface area contributed by atoms with Crippen LogP contribution in [0.5, 0.6) is 0 Å². The van der Waals surface area contributed by atoms with Crippen molar-refractivity contribution in [2.24, 2.45) is 5.41 Å². The number of rotatable bonds is 1. The average molecular weight is 220 g/mol. The lowest BCUT2D eigenvalue weighted by molar-refractivity contribution is -0.141. The average Bonchev–Trinajstić information content (AvgIpc) is 2.53. The summed E-state index contributed by atoms with van der Waals surface area (Å²) in [5.41, 5.74) is 0.383. The van der Waals surface area contributed by atoms with Crippen LogP contribution in [0.2, 0.25) is 0 Å². The van der Waals surface area contributed by atoms with Crippen molar-refractivity contribution in [3.63, 3.8) is 0 Å². The number of halogens is 1. The summed E-state index contributed by atoms with van der Waals surface area (Å²) in [5.74, 6) is -0.675. The molecule has 4 heteroatoms. The summed E-state index contributed by atoms with van der Waals surface area (Å²) < 4.78 is 0. The van der Waals surface area contributed by atoms with E-state index in [9.17, 15) is 4.79 Å². The fraction of sp³-hybridized carbons (Fsp3) is 0.900. The van der Waals surface area contributed by atoms with E-state index in [2.05, 4.69) is 5.32 Å². The van der Waals surface area contributed by atoms with Crippen molar-refractivity contribution in [2.45, 2.75) is 44.6 Å². The highest BCUT2D eigenvalue weighted by Crippen LogP contribution is 2.46. The molecular formula is C10H18ClNO2. The van der Waals surface area contributed by atoms with Gasteiger partial charge in [0.15, 0.2) is 0 Å². The van der Waals surface area contributed by atoms with Crippen LogP contribution in [-0.2, 0) is 4.79 Å². The van der Waals surface area contributed by atoms with Gasteiger partial charge in [-0.1, -0.05) is 12.8 Å². The summed E-state index contributed by atoms with van der Waals surface area (Å²) in [6.07, 6.45) is 7.12. The van der Waals surface area contributed by atoms with E-state index in [0.717, 1.165) is 13.0 Å². The topological polar surface area (TPSA) is 49.3 Å². The highest BCUT2D eigenvalue weighted by molar-refractivity contribution is 5.85. The Balaban J connectivity index is 0.000000980. The fourth-order valence-electron chi connectivity index (χ4n) is 2.87. The lowest BCUT2D eigenvalue weighted by Crippen LogP contribution is -2.47. The van der Waals surface area contributed by atoms with Gasteiger partial charge < -0.3 is 10.4 Å². The summed E-state index contributed by atoms with van der Waals surface area (Å²) in [7, 11) is 0. The molecule has 82 valence electrons. The molecule has 1 saturated carbocycles. The van der Waals surface area contributed by atoms with Gasteiger partial charge in [0.05, 0.1) is 0 Å². The van der Waals surface area contributed by atoms with Crippen molar-refractivity contribution in [3.05, 3.63) is 0 Å². The minimum atomic E-state index is -0.675. The van der Waals surface area contributed by atoms with Crippen LogP contribution in [0.3, 0.4) is 0 Å². The van der Waals surface area contributed by atoms with Crippen molar-refractivity contribution in [2.75, 3.05) is 6.54 Å². The molecule has 1 heterocycles. The second-order valence-electron chi connectivity index (χ2n) is 4.51. The normalized spacial score (nSPS) is 29.9. The quantitative estimate of drug-likeness (QED) is 0.707. The Labute approximate surface area is 90.7 Å². The van der Waals surface area contributed by atoms with E-state index >= 15 is 0 Å². The molecule has 0 aromatic rings. The first-order valence-electron chi connectivity index (χ1n) is 5.18. The Bertz CT molecular complexity index is 214. The van der Waals surface area contributed by atoms with Crippen LogP contribution in [0.25, 0.3) is 0 Å². The van der Waals surface area contributed by atoms with Crippen molar-refractivity contribution < 1.29 is 9.90 Å². The van der Waals surface area contributed by atoms with Gasteiger partial charge in [-0.2, -0.15) is 0 Å². The SMILES string of the molecule is Cl.O=C(O)C1CC2(CCCC2)CCN1. The molecule has 0 aromatic heterocycles. The fourth-order valence-corrected chi connectivity index (χ4v) is 2.87. The number of nitrogens with one attached hydrogen (secondary N) is 1. The van der Waals surface area contributed by atoms with Crippen molar-refractivity contribution in [3.8, 4) is 0 Å². The van der Waals surface area contributed by atoms with Crippen molar-refractivity contribution in [1.82, 2.24) is 5.32 Å². The molecule has 2 fully saturated rings. The molecule has 1 aliphatic heterocycles. The van der Waals surface area contributed by atoms with E-state index in [1.54, 1.807) is 0 Å². The number of carboxylic acid groups (broad SMARTS) is 1. The minimum absolute atomic E-state index is 0. The summed E-state index contributed by atoms with van der Waals surface area (Å²) in [6, 6.07) is -0.285. The maximum absolute atomic E-state index is 10.8. The van der Waals surface area contributed by atoms with E-state index < -0.39 is 5.97 Å². The smallest absolute Gasteiger partial charge is 0.320 e. The molecule has 1 atom stereocenters. The van der Waals surface area contributed by atoms with E-state index in [0.29, 0.717) is 5.41 Å². The molecule has 1 saturated heterocycles. The summed E-state index contributed by atoms with van der Waals surface area (Å²) in [6.45, 7) is 0.886. The number of carboxylic acids is 1. The lowest BCUT2D eigenvalue weighted by atomic mass is 9.75. The number of piperidine rings is 1. The molecule has 0 amide bonds. The molecule has 2 aliphatic rings. The van der Waals surface area contributed by atoms with Crippen LogP contribution in [0.15, 0.2) is 0 Å². The second-order valence-corrected chi connectivity index (χ2v) is 4.51. The lowest BCUT2D eigenvalue weighted by Gasteiger charge is -2.37. The van der Waals surface area contributed by atoms with E-state index in [1.807, 2.05) is 0 Å². The van der Waals surface area contributed by atoms with Gasteiger partial charge in [0.25, 0.3) is 0 Å². The Morgan fingerprint density at radius 1 is 1.29 bits per heavy atom. The zero-order valence-electron chi connectivity index (χ0n) is 8.29. The highest BCUT2D eigenvalue weighted by atomic mass is 35.5. The maximum atomic E-state index is 10.8. The first-order valence-corrected chi connectivity index (χ1v) is 5.18. The Kier molecular flexibility index (Phi) is 3.78. The van der Waals surface area contributed by atoms with Gasteiger partial charge in [0, 0.05) is 0 Å². The van der Waals surface area contributed by atoms with E-state index in [4.69, 9.17) is 5.11 Å². The van der Waals surface area contributed by atoms with Crippen LogP contribution in [0.4, 0.5) is 0 Å². The molecule has 1 aliphatic carbocycles. The largest absolute Gasteiger partial charge is 0.480 e.